The minimum Gasteiger partial charge on any atom is -0.491 e. The number of rotatable bonds is 11. The van der Waals surface area contributed by atoms with Crippen LogP contribution < -0.4 is 20.1 Å². The van der Waals surface area contributed by atoms with Crippen LogP contribution in [0.3, 0.4) is 0 Å². The Labute approximate surface area is 209 Å². The van der Waals surface area contributed by atoms with Crippen LogP contribution in [0.2, 0.25) is 10.0 Å². The Hall–Kier alpha value is -1.61. The molecule has 1 saturated carbocycles. The zero-order valence-electron chi connectivity index (χ0n) is 18.9. The fraction of sp³-hybridized carbons (Fsp3) is 0.520. The fourth-order valence-corrected chi connectivity index (χ4v) is 4.48. The summed E-state index contributed by atoms with van der Waals surface area (Å²) in [5, 5.41) is 18.0. The Kier molecular flexibility index (Phi) is 8.91. The lowest BCUT2D eigenvalue weighted by atomic mass is 9.90. The summed E-state index contributed by atoms with van der Waals surface area (Å²) in [6, 6.07) is 12.4. The number of halogens is 3. The minimum absolute atomic E-state index is 0.0800. The molecule has 2 aromatic carbocycles. The van der Waals surface area contributed by atoms with Gasteiger partial charge in [0.1, 0.15) is 30.0 Å². The molecule has 1 heterocycles. The lowest BCUT2D eigenvalue weighted by Crippen LogP contribution is -2.61. The standard InChI is InChI=1S/C25H31Cl2FN2O4/c26-17-1-7-21(8-2-17)33-13-20(31)12-29-18-3-5-19(6-4-18)30-14-25(15-32-16-25)34-22-9-10-23(27)24(28)11-22/h1-2,7-11,18-20,29-31H,3-6,12-16H2. The summed E-state index contributed by atoms with van der Waals surface area (Å²) in [4.78, 5) is 0. The second-order valence-electron chi connectivity index (χ2n) is 9.11. The third-order valence-corrected chi connectivity index (χ3v) is 6.85. The van der Waals surface area contributed by atoms with E-state index in [1.807, 2.05) is 0 Å². The maximum Gasteiger partial charge on any atom is 0.167 e. The van der Waals surface area contributed by atoms with Crippen molar-refractivity contribution in [3.8, 4) is 11.5 Å². The molecule has 0 radical (unpaired) electrons. The van der Waals surface area contributed by atoms with Crippen molar-refractivity contribution in [2.75, 3.05) is 32.9 Å². The summed E-state index contributed by atoms with van der Waals surface area (Å²) in [6.45, 7) is 2.30. The van der Waals surface area contributed by atoms with E-state index < -0.39 is 17.5 Å². The maximum absolute atomic E-state index is 13.7. The van der Waals surface area contributed by atoms with Gasteiger partial charge in [-0.15, -0.1) is 0 Å². The first kappa shape index (κ1) is 25.5. The average Bonchev–Trinajstić information content (AvgIpc) is 2.82. The van der Waals surface area contributed by atoms with Gasteiger partial charge in [-0.25, -0.2) is 4.39 Å². The van der Waals surface area contributed by atoms with Crippen molar-refractivity contribution in [1.29, 1.82) is 0 Å². The molecule has 186 valence electrons. The molecule has 0 amide bonds. The topological polar surface area (TPSA) is 72.0 Å². The molecular formula is C25H31Cl2FN2O4. The molecule has 2 fully saturated rings. The third kappa shape index (κ3) is 7.20. The predicted octanol–water partition coefficient (Wildman–Crippen LogP) is 4.21. The molecule has 1 aliphatic carbocycles. The Balaban J connectivity index is 1.13. The van der Waals surface area contributed by atoms with E-state index in [9.17, 15) is 9.50 Å². The van der Waals surface area contributed by atoms with Gasteiger partial charge in [0.05, 0.1) is 18.2 Å². The number of hydrogen-bond donors (Lipinski definition) is 3. The second-order valence-corrected chi connectivity index (χ2v) is 9.95. The van der Waals surface area contributed by atoms with Gasteiger partial charge in [0, 0.05) is 36.3 Å². The highest BCUT2D eigenvalue weighted by molar-refractivity contribution is 6.30. The number of benzene rings is 2. The van der Waals surface area contributed by atoms with Crippen molar-refractivity contribution in [1.82, 2.24) is 10.6 Å². The highest BCUT2D eigenvalue weighted by atomic mass is 35.5. The summed E-state index contributed by atoms with van der Waals surface area (Å²) in [7, 11) is 0. The van der Waals surface area contributed by atoms with E-state index in [0.29, 0.717) is 54.9 Å². The fourth-order valence-electron chi connectivity index (χ4n) is 4.23. The van der Waals surface area contributed by atoms with Gasteiger partial charge in [-0.2, -0.15) is 0 Å². The van der Waals surface area contributed by atoms with Crippen molar-refractivity contribution in [3.63, 3.8) is 0 Å². The van der Waals surface area contributed by atoms with Crippen LogP contribution in [0.25, 0.3) is 0 Å². The Morgan fingerprint density at radius 1 is 1.00 bits per heavy atom. The lowest BCUT2D eigenvalue weighted by molar-refractivity contribution is -0.159. The maximum atomic E-state index is 13.7. The molecule has 4 rings (SSSR count). The van der Waals surface area contributed by atoms with Gasteiger partial charge >= 0.3 is 0 Å². The summed E-state index contributed by atoms with van der Waals surface area (Å²) < 4.78 is 30.8. The van der Waals surface area contributed by atoms with Crippen LogP contribution in [-0.2, 0) is 4.74 Å². The van der Waals surface area contributed by atoms with Gasteiger partial charge in [-0.1, -0.05) is 23.2 Å². The van der Waals surface area contributed by atoms with Crippen LogP contribution >= 0.6 is 23.2 Å². The number of nitrogens with one attached hydrogen (secondary N) is 2. The van der Waals surface area contributed by atoms with E-state index in [4.69, 9.17) is 37.4 Å². The number of hydrogen-bond acceptors (Lipinski definition) is 6. The molecule has 0 aromatic heterocycles. The number of ether oxygens (including phenoxy) is 3. The van der Waals surface area contributed by atoms with E-state index in [2.05, 4.69) is 10.6 Å². The SMILES string of the molecule is OC(CNC1CCC(NCC2(Oc3ccc(Cl)c(F)c3)COC2)CC1)COc1ccc(Cl)cc1. The van der Waals surface area contributed by atoms with Crippen LogP contribution in [0.5, 0.6) is 11.5 Å². The molecule has 9 heteroatoms. The molecule has 6 nitrogen and oxygen atoms in total. The summed E-state index contributed by atoms with van der Waals surface area (Å²) in [5.41, 5.74) is -0.483. The molecule has 0 bridgehead atoms. The smallest absolute Gasteiger partial charge is 0.167 e. The van der Waals surface area contributed by atoms with Crippen molar-refractivity contribution < 1.29 is 23.7 Å². The number of aliphatic hydroxyl groups excluding tert-OH is 1. The van der Waals surface area contributed by atoms with Gasteiger partial charge < -0.3 is 30.0 Å². The minimum atomic E-state index is -0.583. The molecule has 1 aliphatic heterocycles. The number of aliphatic hydroxyl groups is 1. The predicted molar refractivity (Wildman–Crippen MR) is 131 cm³/mol. The van der Waals surface area contributed by atoms with Crippen molar-refractivity contribution in [3.05, 3.63) is 58.3 Å². The first-order valence-corrected chi connectivity index (χ1v) is 12.4. The van der Waals surface area contributed by atoms with E-state index in [0.717, 1.165) is 25.7 Å². The van der Waals surface area contributed by atoms with Gasteiger partial charge in [0.15, 0.2) is 5.60 Å². The van der Waals surface area contributed by atoms with Gasteiger partial charge in [-0.3, -0.25) is 0 Å². The summed E-state index contributed by atoms with van der Waals surface area (Å²) >= 11 is 11.6. The van der Waals surface area contributed by atoms with Crippen LogP contribution in [0.1, 0.15) is 25.7 Å². The molecule has 2 aliphatic rings. The van der Waals surface area contributed by atoms with Crippen LogP contribution in [0, 0.1) is 5.82 Å². The average molecular weight is 513 g/mol. The van der Waals surface area contributed by atoms with Gasteiger partial charge in [0.25, 0.3) is 0 Å². The highest BCUT2D eigenvalue weighted by Crippen LogP contribution is 2.29. The van der Waals surface area contributed by atoms with E-state index >= 15 is 0 Å². The first-order valence-electron chi connectivity index (χ1n) is 11.7. The van der Waals surface area contributed by atoms with Crippen LogP contribution in [-0.4, -0.2) is 61.8 Å². The molecule has 1 saturated heterocycles. The van der Waals surface area contributed by atoms with Crippen molar-refractivity contribution in [2.24, 2.45) is 0 Å². The molecule has 0 spiro atoms. The Morgan fingerprint density at radius 2 is 1.65 bits per heavy atom. The highest BCUT2D eigenvalue weighted by Gasteiger charge is 2.41. The normalized spacial score (nSPS) is 22.6. The largest absolute Gasteiger partial charge is 0.491 e. The Morgan fingerprint density at radius 3 is 2.26 bits per heavy atom. The molecule has 2 aromatic rings. The van der Waals surface area contributed by atoms with E-state index in [1.165, 1.54) is 12.1 Å². The molecule has 34 heavy (non-hydrogen) atoms. The third-order valence-electron chi connectivity index (χ3n) is 6.29. The van der Waals surface area contributed by atoms with Crippen LogP contribution in [0.4, 0.5) is 4.39 Å². The van der Waals surface area contributed by atoms with Crippen molar-refractivity contribution >= 4 is 23.2 Å². The zero-order chi connectivity index (χ0) is 24.0. The molecule has 1 unspecified atom stereocenters. The van der Waals surface area contributed by atoms with Gasteiger partial charge in [0.2, 0.25) is 0 Å². The lowest BCUT2D eigenvalue weighted by Gasteiger charge is -2.43. The second kappa shape index (κ2) is 11.9. The molecular weight excluding hydrogens is 482 g/mol. The van der Waals surface area contributed by atoms with Crippen molar-refractivity contribution in [2.45, 2.75) is 49.5 Å². The van der Waals surface area contributed by atoms with Gasteiger partial charge in [-0.05, 0) is 62.1 Å². The quantitative estimate of drug-likeness (QED) is 0.418. The van der Waals surface area contributed by atoms with Crippen LogP contribution in [0.15, 0.2) is 42.5 Å². The Bertz CT molecular complexity index is 922. The molecule has 1 atom stereocenters. The van der Waals surface area contributed by atoms with E-state index in [-0.39, 0.29) is 11.6 Å². The summed E-state index contributed by atoms with van der Waals surface area (Å²) in [5.74, 6) is 0.656. The van der Waals surface area contributed by atoms with E-state index in [1.54, 1.807) is 30.3 Å². The monoisotopic (exact) mass is 512 g/mol. The zero-order valence-corrected chi connectivity index (χ0v) is 20.5. The summed E-state index contributed by atoms with van der Waals surface area (Å²) in [6.07, 6.45) is 3.52. The molecule has 3 N–H and O–H groups in total. The first-order chi connectivity index (χ1) is 16.4.